The predicted octanol–water partition coefficient (Wildman–Crippen LogP) is -3.58. The molecule has 0 aromatic carbocycles. The number of aliphatic hydroxyl groups is 1. The van der Waals surface area contributed by atoms with Crippen molar-refractivity contribution in [2.24, 2.45) is 28.1 Å². The Hall–Kier alpha value is -3.46. The molecule has 0 heterocycles. The number of aliphatic hydroxyl groups excluding tert-OH is 1. The molecule has 0 radical (unpaired) electrons. The second kappa shape index (κ2) is 14.6. The molecule has 5 atom stereocenters. The van der Waals surface area contributed by atoms with Gasteiger partial charge in [0.1, 0.15) is 18.1 Å². The highest BCUT2D eigenvalue weighted by atomic mass is 16.4. The van der Waals surface area contributed by atoms with Crippen molar-refractivity contribution in [1.82, 2.24) is 16.0 Å². The lowest BCUT2D eigenvalue weighted by Crippen LogP contribution is -2.60. The topological polar surface area (TPSA) is 273 Å². The Labute approximate surface area is 196 Å². The minimum Gasteiger partial charge on any atom is -0.481 e. The van der Waals surface area contributed by atoms with Gasteiger partial charge in [-0.05, 0) is 25.7 Å². The fourth-order valence-corrected chi connectivity index (χ4v) is 2.73. The van der Waals surface area contributed by atoms with Gasteiger partial charge in [-0.2, -0.15) is 0 Å². The Morgan fingerprint density at radius 3 is 1.85 bits per heavy atom. The number of aliphatic carboxylic acids is 2. The van der Waals surface area contributed by atoms with Crippen LogP contribution in [0.25, 0.3) is 0 Å². The van der Waals surface area contributed by atoms with E-state index in [1.807, 2.05) is 5.32 Å². The third-order valence-electron chi connectivity index (χ3n) is 4.61. The lowest BCUT2D eigenvalue weighted by molar-refractivity contribution is -0.148. The van der Waals surface area contributed by atoms with Crippen LogP contribution in [0.4, 0.5) is 0 Å². The summed E-state index contributed by atoms with van der Waals surface area (Å²) in [6.45, 7) is 4.69. The number of nitrogens with two attached hydrogens (primary N) is 3. The van der Waals surface area contributed by atoms with Crippen LogP contribution in [-0.2, 0) is 24.0 Å². The number of carbonyl (C=O) groups is 5. The Balaban J connectivity index is 5.25. The summed E-state index contributed by atoms with van der Waals surface area (Å²) in [4.78, 5) is 63.4. The van der Waals surface area contributed by atoms with Gasteiger partial charge in [0, 0.05) is 6.54 Å². The van der Waals surface area contributed by atoms with Crippen LogP contribution in [0.2, 0.25) is 0 Å². The standard InChI is InChI=1S/C19H35N7O8/c1-8(2)13(25-15(30)10(20)5-4-6-23-19(21)22)16(31)26-14(9(3)27)17(32)24-11(18(33)34)7-12(28)29/h8-11,13-14,27H,4-7,20H2,1-3H3,(H,24,32)(H,25,30)(H,26,31)(H,28,29)(H,33,34)(H4,21,22,23). The molecule has 194 valence electrons. The molecule has 0 bridgehead atoms. The van der Waals surface area contributed by atoms with Gasteiger partial charge in [0.15, 0.2) is 5.96 Å². The first kappa shape index (κ1) is 30.5. The third-order valence-corrected chi connectivity index (χ3v) is 4.61. The van der Waals surface area contributed by atoms with Crippen molar-refractivity contribution in [3.8, 4) is 0 Å². The quantitative estimate of drug-likeness (QED) is 0.0616. The zero-order chi connectivity index (χ0) is 26.6. The van der Waals surface area contributed by atoms with Crippen LogP contribution < -0.4 is 33.2 Å². The molecule has 12 N–H and O–H groups in total. The van der Waals surface area contributed by atoms with Gasteiger partial charge in [0.25, 0.3) is 0 Å². The van der Waals surface area contributed by atoms with E-state index in [0.717, 1.165) is 0 Å². The molecule has 0 fully saturated rings. The van der Waals surface area contributed by atoms with E-state index in [4.69, 9.17) is 27.4 Å². The van der Waals surface area contributed by atoms with Crippen LogP contribution in [0.5, 0.6) is 0 Å². The molecule has 0 spiro atoms. The van der Waals surface area contributed by atoms with E-state index in [9.17, 15) is 29.1 Å². The SMILES string of the molecule is CC(C)C(NC(=O)C(N)CCCN=C(N)N)C(=O)NC(C(=O)NC(CC(=O)O)C(=O)O)C(C)O. The highest BCUT2D eigenvalue weighted by Gasteiger charge is 2.34. The summed E-state index contributed by atoms with van der Waals surface area (Å²) in [6.07, 6.45) is -1.73. The van der Waals surface area contributed by atoms with Gasteiger partial charge in [-0.15, -0.1) is 0 Å². The van der Waals surface area contributed by atoms with E-state index in [2.05, 4.69) is 15.6 Å². The Kier molecular flexibility index (Phi) is 13.2. The van der Waals surface area contributed by atoms with Gasteiger partial charge in [-0.1, -0.05) is 13.8 Å². The molecular weight excluding hydrogens is 454 g/mol. The van der Waals surface area contributed by atoms with Gasteiger partial charge < -0.3 is 48.5 Å². The zero-order valence-electron chi connectivity index (χ0n) is 19.4. The van der Waals surface area contributed by atoms with Crippen molar-refractivity contribution < 1.29 is 39.3 Å². The highest BCUT2D eigenvalue weighted by Crippen LogP contribution is 2.06. The molecule has 0 aromatic heterocycles. The maximum atomic E-state index is 12.8. The third kappa shape index (κ3) is 11.4. The van der Waals surface area contributed by atoms with E-state index >= 15 is 0 Å². The van der Waals surface area contributed by atoms with Gasteiger partial charge in [-0.3, -0.25) is 24.2 Å². The normalized spacial score (nSPS) is 15.2. The Bertz CT molecular complexity index is 768. The average molecular weight is 490 g/mol. The van der Waals surface area contributed by atoms with Gasteiger partial charge in [0.05, 0.1) is 18.6 Å². The molecule has 15 heteroatoms. The average Bonchev–Trinajstić information content (AvgIpc) is 2.70. The number of hydrogen-bond donors (Lipinski definition) is 9. The molecule has 0 aromatic rings. The maximum Gasteiger partial charge on any atom is 0.326 e. The molecule has 0 saturated heterocycles. The number of rotatable bonds is 15. The maximum absolute atomic E-state index is 12.8. The van der Waals surface area contributed by atoms with Gasteiger partial charge in [0.2, 0.25) is 17.7 Å². The highest BCUT2D eigenvalue weighted by molar-refractivity contribution is 5.95. The summed E-state index contributed by atoms with van der Waals surface area (Å²) in [5.74, 6) is -6.19. The van der Waals surface area contributed by atoms with Crippen LogP contribution in [0.3, 0.4) is 0 Å². The molecule has 0 aliphatic rings. The lowest BCUT2D eigenvalue weighted by atomic mass is 10.0. The van der Waals surface area contributed by atoms with Crippen LogP contribution in [0.1, 0.15) is 40.0 Å². The number of aliphatic imine (C=N–C) groups is 1. The van der Waals surface area contributed by atoms with Gasteiger partial charge >= 0.3 is 11.9 Å². The van der Waals surface area contributed by atoms with Crippen molar-refractivity contribution in [3.05, 3.63) is 0 Å². The fourth-order valence-electron chi connectivity index (χ4n) is 2.73. The first-order valence-corrected chi connectivity index (χ1v) is 10.5. The number of nitrogens with zero attached hydrogens (tertiary/aromatic N) is 1. The summed E-state index contributed by atoms with van der Waals surface area (Å²) in [5.41, 5.74) is 16.3. The minimum absolute atomic E-state index is 0.0936. The minimum atomic E-state index is -1.78. The molecule has 15 nitrogen and oxygen atoms in total. The summed E-state index contributed by atoms with van der Waals surface area (Å²) in [5, 5.41) is 34.5. The van der Waals surface area contributed by atoms with E-state index in [0.29, 0.717) is 6.42 Å². The van der Waals surface area contributed by atoms with E-state index in [-0.39, 0.29) is 18.9 Å². The summed E-state index contributed by atoms with van der Waals surface area (Å²) in [6, 6.07) is -5.50. The molecule has 5 unspecified atom stereocenters. The van der Waals surface area contributed by atoms with E-state index in [1.165, 1.54) is 6.92 Å². The first-order valence-electron chi connectivity index (χ1n) is 10.5. The smallest absolute Gasteiger partial charge is 0.326 e. The van der Waals surface area contributed by atoms with Crippen molar-refractivity contribution in [2.45, 2.75) is 70.3 Å². The largest absolute Gasteiger partial charge is 0.481 e. The lowest BCUT2D eigenvalue weighted by Gasteiger charge is -2.28. The van der Waals surface area contributed by atoms with Crippen molar-refractivity contribution in [3.63, 3.8) is 0 Å². The Morgan fingerprint density at radius 1 is 0.882 bits per heavy atom. The van der Waals surface area contributed by atoms with Crippen LogP contribution in [-0.4, -0.2) is 87.8 Å². The fraction of sp³-hybridized carbons (Fsp3) is 0.684. The Morgan fingerprint density at radius 2 is 1.41 bits per heavy atom. The molecule has 3 amide bonds. The summed E-state index contributed by atoms with van der Waals surface area (Å²) >= 11 is 0. The van der Waals surface area contributed by atoms with Crippen molar-refractivity contribution >= 4 is 35.6 Å². The van der Waals surface area contributed by atoms with E-state index in [1.54, 1.807) is 13.8 Å². The van der Waals surface area contributed by atoms with Crippen LogP contribution in [0, 0.1) is 5.92 Å². The molecule has 34 heavy (non-hydrogen) atoms. The van der Waals surface area contributed by atoms with Gasteiger partial charge in [-0.25, -0.2) is 4.79 Å². The second-order valence-corrected chi connectivity index (χ2v) is 8.01. The van der Waals surface area contributed by atoms with Crippen LogP contribution in [0.15, 0.2) is 4.99 Å². The number of carboxylic acids is 2. The number of amides is 3. The molecule has 0 rings (SSSR count). The molecule has 0 aliphatic carbocycles. The number of guanidine groups is 1. The first-order chi connectivity index (χ1) is 15.7. The van der Waals surface area contributed by atoms with Crippen molar-refractivity contribution in [1.29, 1.82) is 0 Å². The predicted molar refractivity (Wildman–Crippen MR) is 120 cm³/mol. The monoisotopic (exact) mass is 489 g/mol. The second-order valence-electron chi connectivity index (χ2n) is 8.01. The van der Waals surface area contributed by atoms with Crippen LogP contribution >= 0.6 is 0 Å². The zero-order valence-corrected chi connectivity index (χ0v) is 19.4. The molecule has 0 aliphatic heterocycles. The number of nitrogens with one attached hydrogen (secondary N) is 3. The van der Waals surface area contributed by atoms with Crippen molar-refractivity contribution in [2.75, 3.05) is 6.54 Å². The van der Waals surface area contributed by atoms with E-state index < -0.39 is 72.3 Å². The number of carbonyl (C=O) groups excluding carboxylic acids is 3. The molecular formula is C19H35N7O8. The molecule has 0 saturated carbocycles. The summed E-state index contributed by atoms with van der Waals surface area (Å²) in [7, 11) is 0. The number of carboxylic acid groups (broad SMARTS) is 2. The summed E-state index contributed by atoms with van der Waals surface area (Å²) < 4.78 is 0. The number of hydrogen-bond acceptors (Lipinski definition) is 8.